The third kappa shape index (κ3) is 3.20. The highest BCUT2D eigenvalue weighted by Gasteiger charge is 2.23. The summed E-state index contributed by atoms with van der Waals surface area (Å²) in [6.45, 7) is 1.90. The molecule has 0 bridgehead atoms. The van der Waals surface area contributed by atoms with Crippen LogP contribution in [0.5, 0.6) is 0 Å². The van der Waals surface area contributed by atoms with Crippen LogP contribution in [0.3, 0.4) is 0 Å². The summed E-state index contributed by atoms with van der Waals surface area (Å²) in [5.74, 6) is -1.21. The Kier molecular flexibility index (Phi) is 4.25. The van der Waals surface area contributed by atoms with Gasteiger partial charge in [0.25, 0.3) is 0 Å². The summed E-state index contributed by atoms with van der Waals surface area (Å²) < 4.78 is 8.21. The van der Waals surface area contributed by atoms with Gasteiger partial charge in [-0.05, 0) is 24.6 Å². The number of methoxy groups -OCH3 is 1. The predicted octanol–water partition coefficient (Wildman–Crippen LogP) is 0.753. The van der Waals surface area contributed by atoms with E-state index in [-0.39, 0.29) is 5.69 Å². The van der Waals surface area contributed by atoms with Gasteiger partial charge in [-0.1, -0.05) is 18.2 Å². The van der Waals surface area contributed by atoms with E-state index in [1.54, 1.807) is 35.4 Å². The van der Waals surface area contributed by atoms with Crippen LogP contribution in [0.25, 0.3) is 6.08 Å². The van der Waals surface area contributed by atoms with Crippen LogP contribution in [0, 0.1) is 6.92 Å². The van der Waals surface area contributed by atoms with Crippen molar-refractivity contribution in [1.82, 2.24) is 4.57 Å². The second kappa shape index (κ2) is 5.79. The van der Waals surface area contributed by atoms with Crippen LogP contribution in [-0.2, 0) is 18.8 Å². The first-order valence-electron chi connectivity index (χ1n) is 6.78. The Labute approximate surface area is 124 Å². The number of aliphatic hydroxyl groups is 1. The van der Waals surface area contributed by atoms with E-state index in [0.29, 0.717) is 6.42 Å². The van der Waals surface area contributed by atoms with Crippen molar-refractivity contribution in [2.75, 3.05) is 7.11 Å². The molecule has 1 N–H and O–H groups in total. The summed E-state index contributed by atoms with van der Waals surface area (Å²) in [5, 5.41) is 9.90. The lowest BCUT2D eigenvalue weighted by molar-refractivity contribution is -0.692. The van der Waals surface area contributed by atoms with Crippen LogP contribution in [0.1, 0.15) is 17.8 Å². The topological polar surface area (TPSA) is 55.3 Å². The van der Waals surface area contributed by atoms with Crippen LogP contribution in [0.4, 0.5) is 0 Å². The third-order valence-electron chi connectivity index (χ3n) is 3.81. The van der Waals surface area contributed by atoms with Gasteiger partial charge in [-0.25, -0.2) is 0 Å². The fourth-order valence-electron chi connectivity index (χ4n) is 2.14. The second-order valence-electron chi connectivity index (χ2n) is 5.24. The summed E-state index contributed by atoms with van der Waals surface area (Å²) >= 11 is 0. The standard InChI is InChI=1S/C16H21N2O3/c1-12-11-14(18(3)15(19)17(12)2)6-5-13-7-9-16(20,21-4)10-8-13/h5-9,11,20H,10H2,1-4H3/q+1. The van der Waals surface area contributed by atoms with Gasteiger partial charge in [0.2, 0.25) is 0 Å². The molecule has 0 aromatic carbocycles. The molecule has 1 heterocycles. The van der Waals surface area contributed by atoms with E-state index >= 15 is 0 Å². The van der Waals surface area contributed by atoms with Crippen molar-refractivity contribution in [1.29, 1.82) is 0 Å². The van der Waals surface area contributed by atoms with E-state index in [2.05, 4.69) is 0 Å². The van der Waals surface area contributed by atoms with E-state index in [1.165, 1.54) is 7.11 Å². The number of hydrogen-bond acceptors (Lipinski definition) is 3. The van der Waals surface area contributed by atoms with Gasteiger partial charge in [0.15, 0.2) is 5.79 Å². The van der Waals surface area contributed by atoms with Gasteiger partial charge in [-0.3, -0.25) is 0 Å². The van der Waals surface area contributed by atoms with Gasteiger partial charge < -0.3 is 9.84 Å². The molecule has 5 nitrogen and oxygen atoms in total. The SMILES string of the molecule is COC1(O)C=CC(C=Cc2cc(C)n(C)c(=O)[n+]2C)=CC1. The molecule has 1 atom stereocenters. The Balaban J connectivity index is 2.25. The minimum Gasteiger partial charge on any atom is -0.362 e. The molecule has 0 fully saturated rings. The highest BCUT2D eigenvalue weighted by atomic mass is 16.6. The zero-order valence-corrected chi connectivity index (χ0v) is 12.8. The Morgan fingerprint density at radius 3 is 2.76 bits per heavy atom. The summed E-state index contributed by atoms with van der Waals surface area (Å²) in [5.41, 5.74) is 2.64. The zero-order chi connectivity index (χ0) is 15.6. The van der Waals surface area contributed by atoms with Crippen molar-refractivity contribution >= 4 is 6.08 Å². The molecule has 1 aliphatic rings. The van der Waals surface area contributed by atoms with Gasteiger partial charge in [-0.15, -0.1) is 0 Å². The lowest BCUT2D eigenvalue weighted by Crippen LogP contribution is -2.53. The molecule has 0 spiro atoms. The van der Waals surface area contributed by atoms with Crippen LogP contribution < -0.4 is 10.3 Å². The average molecular weight is 289 g/mol. The molecule has 112 valence electrons. The molecular formula is C16H21N2O3+. The normalized spacial score (nSPS) is 21.9. The van der Waals surface area contributed by atoms with Crippen LogP contribution in [0.2, 0.25) is 0 Å². The van der Waals surface area contributed by atoms with Gasteiger partial charge in [0.05, 0.1) is 14.1 Å². The maximum atomic E-state index is 12.0. The number of ether oxygens (including phenoxy) is 1. The summed E-state index contributed by atoms with van der Waals surface area (Å²) in [7, 11) is 4.97. The minimum atomic E-state index is -1.21. The number of rotatable bonds is 3. The molecule has 21 heavy (non-hydrogen) atoms. The average Bonchev–Trinajstić information content (AvgIpc) is 2.49. The number of hydrogen-bond donors (Lipinski definition) is 1. The first kappa shape index (κ1) is 15.4. The van der Waals surface area contributed by atoms with Gasteiger partial charge in [0, 0.05) is 19.6 Å². The quantitative estimate of drug-likeness (QED) is 0.660. The van der Waals surface area contributed by atoms with Gasteiger partial charge >= 0.3 is 5.69 Å². The van der Waals surface area contributed by atoms with Crippen molar-refractivity contribution in [3.8, 4) is 0 Å². The Hall–Kier alpha value is -1.98. The Bertz CT molecular complexity index is 698. The Morgan fingerprint density at radius 1 is 1.48 bits per heavy atom. The zero-order valence-electron chi connectivity index (χ0n) is 12.8. The summed E-state index contributed by atoms with van der Waals surface area (Å²) in [4.78, 5) is 12.0. The highest BCUT2D eigenvalue weighted by Crippen LogP contribution is 2.22. The molecule has 0 saturated heterocycles. The first-order valence-corrected chi connectivity index (χ1v) is 6.78. The maximum absolute atomic E-state index is 12.0. The highest BCUT2D eigenvalue weighted by molar-refractivity contribution is 5.51. The maximum Gasteiger partial charge on any atom is 0.498 e. The van der Waals surface area contributed by atoms with E-state index in [4.69, 9.17) is 4.74 Å². The van der Waals surface area contributed by atoms with E-state index < -0.39 is 5.79 Å². The molecule has 0 aliphatic heterocycles. The molecule has 1 unspecified atom stereocenters. The summed E-state index contributed by atoms with van der Waals surface area (Å²) in [6, 6.07) is 1.95. The largest absolute Gasteiger partial charge is 0.498 e. The second-order valence-corrected chi connectivity index (χ2v) is 5.24. The van der Waals surface area contributed by atoms with Gasteiger partial charge in [0.1, 0.15) is 11.4 Å². The van der Waals surface area contributed by atoms with Crippen molar-refractivity contribution in [2.45, 2.75) is 19.1 Å². The number of aromatic nitrogens is 2. The molecule has 0 saturated carbocycles. The van der Waals surface area contributed by atoms with E-state index in [1.807, 2.05) is 31.2 Å². The number of allylic oxidation sites excluding steroid dienone is 3. The Morgan fingerprint density at radius 2 is 2.19 bits per heavy atom. The van der Waals surface area contributed by atoms with Crippen molar-refractivity contribution in [2.24, 2.45) is 14.1 Å². The smallest absolute Gasteiger partial charge is 0.362 e. The number of aryl methyl sites for hydroxylation is 1. The monoisotopic (exact) mass is 289 g/mol. The summed E-state index contributed by atoms with van der Waals surface area (Å²) in [6.07, 6.45) is 9.54. The molecule has 0 radical (unpaired) electrons. The van der Waals surface area contributed by atoms with Crippen molar-refractivity contribution in [3.63, 3.8) is 0 Å². The third-order valence-corrected chi connectivity index (χ3v) is 3.81. The molecular weight excluding hydrogens is 268 g/mol. The molecule has 1 aromatic heterocycles. The molecule has 5 heteroatoms. The van der Waals surface area contributed by atoms with Crippen molar-refractivity contribution in [3.05, 3.63) is 57.8 Å². The lowest BCUT2D eigenvalue weighted by atomic mass is 10.0. The van der Waals surface area contributed by atoms with E-state index in [9.17, 15) is 9.90 Å². The van der Waals surface area contributed by atoms with Crippen LogP contribution >= 0.6 is 0 Å². The van der Waals surface area contributed by atoms with Gasteiger partial charge in [-0.2, -0.15) is 13.9 Å². The van der Waals surface area contributed by atoms with Crippen LogP contribution in [0.15, 0.2) is 40.7 Å². The molecule has 1 aliphatic carbocycles. The van der Waals surface area contributed by atoms with E-state index in [0.717, 1.165) is 17.0 Å². The minimum absolute atomic E-state index is 0.0587. The number of nitrogens with zero attached hydrogens (tertiary/aromatic N) is 2. The molecule has 2 rings (SSSR count). The van der Waals surface area contributed by atoms with Crippen molar-refractivity contribution < 1.29 is 14.4 Å². The molecule has 0 amide bonds. The fourth-order valence-corrected chi connectivity index (χ4v) is 2.14. The molecule has 1 aromatic rings. The predicted molar refractivity (Wildman–Crippen MR) is 80.4 cm³/mol. The fraction of sp³-hybridized carbons (Fsp3) is 0.375. The van der Waals surface area contributed by atoms with Crippen LogP contribution in [-0.4, -0.2) is 22.6 Å². The lowest BCUT2D eigenvalue weighted by Gasteiger charge is -2.23. The first-order chi connectivity index (χ1) is 9.86.